The standard InChI is InChI=1S/C19H17FN2O3/c20-13-6-8-14(9-7-13)25-11-3-10-21-19(24)17-12-18(23)15-4-1-2-5-16(15)22-17/h1-2,4-9,12H,3,10-11H2,(H,21,24)(H,22,23). The van der Waals surface area contributed by atoms with Crippen molar-refractivity contribution in [3.05, 3.63) is 76.3 Å². The second kappa shape index (κ2) is 7.61. The molecule has 0 aliphatic heterocycles. The Morgan fingerprint density at radius 3 is 2.68 bits per heavy atom. The van der Waals surface area contributed by atoms with Gasteiger partial charge in [0.2, 0.25) is 0 Å². The number of pyridine rings is 1. The zero-order valence-electron chi connectivity index (χ0n) is 13.4. The molecule has 0 spiro atoms. The number of ether oxygens (including phenoxy) is 1. The fourth-order valence-electron chi connectivity index (χ4n) is 2.41. The van der Waals surface area contributed by atoms with Crippen LogP contribution >= 0.6 is 0 Å². The first-order valence-electron chi connectivity index (χ1n) is 7.92. The van der Waals surface area contributed by atoms with E-state index in [1.54, 1.807) is 36.4 Å². The van der Waals surface area contributed by atoms with E-state index < -0.39 is 0 Å². The van der Waals surface area contributed by atoms with Gasteiger partial charge in [0.05, 0.1) is 6.61 Å². The van der Waals surface area contributed by atoms with Crippen LogP contribution in [0.4, 0.5) is 4.39 Å². The summed E-state index contributed by atoms with van der Waals surface area (Å²) in [6, 6.07) is 14.1. The molecule has 1 aromatic heterocycles. The third kappa shape index (κ3) is 4.23. The third-order valence-electron chi connectivity index (χ3n) is 3.67. The number of fused-ring (bicyclic) bond motifs is 1. The summed E-state index contributed by atoms with van der Waals surface area (Å²) in [6.07, 6.45) is 0.584. The van der Waals surface area contributed by atoms with Crippen molar-refractivity contribution >= 4 is 16.8 Å². The van der Waals surface area contributed by atoms with Crippen LogP contribution in [0.5, 0.6) is 5.75 Å². The Kier molecular flexibility index (Phi) is 5.09. The summed E-state index contributed by atoms with van der Waals surface area (Å²) in [5.41, 5.74) is 0.655. The van der Waals surface area contributed by atoms with Gasteiger partial charge in [-0.05, 0) is 42.8 Å². The number of carbonyl (C=O) groups is 1. The number of aromatic amines is 1. The molecule has 3 aromatic rings. The number of hydrogen-bond donors (Lipinski definition) is 2. The fourth-order valence-corrected chi connectivity index (χ4v) is 2.41. The van der Waals surface area contributed by atoms with E-state index in [-0.39, 0.29) is 22.8 Å². The van der Waals surface area contributed by atoms with Crippen LogP contribution in [0.2, 0.25) is 0 Å². The average molecular weight is 340 g/mol. The lowest BCUT2D eigenvalue weighted by Gasteiger charge is -2.08. The molecule has 3 rings (SSSR count). The molecule has 1 amide bonds. The Balaban J connectivity index is 1.51. The lowest BCUT2D eigenvalue weighted by atomic mass is 10.2. The van der Waals surface area contributed by atoms with E-state index in [0.717, 1.165) is 0 Å². The zero-order valence-corrected chi connectivity index (χ0v) is 13.4. The van der Waals surface area contributed by atoms with Gasteiger partial charge in [0.15, 0.2) is 5.43 Å². The van der Waals surface area contributed by atoms with Gasteiger partial charge in [-0.15, -0.1) is 0 Å². The van der Waals surface area contributed by atoms with Crippen molar-refractivity contribution in [3.63, 3.8) is 0 Å². The van der Waals surface area contributed by atoms with Gasteiger partial charge in [-0.3, -0.25) is 9.59 Å². The summed E-state index contributed by atoms with van der Waals surface area (Å²) in [5.74, 6) is -0.0831. The van der Waals surface area contributed by atoms with Crippen LogP contribution in [0.3, 0.4) is 0 Å². The first-order valence-corrected chi connectivity index (χ1v) is 7.92. The summed E-state index contributed by atoms with van der Waals surface area (Å²) in [5, 5.41) is 3.29. The van der Waals surface area contributed by atoms with E-state index in [1.165, 1.54) is 18.2 Å². The molecule has 2 N–H and O–H groups in total. The maximum atomic E-state index is 12.8. The highest BCUT2D eigenvalue weighted by atomic mass is 19.1. The van der Waals surface area contributed by atoms with Crippen LogP contribution in [0, 0.1) is 5.82 Å². The van der Waals surface area contributed by atoms with Gasteiger partial charge in [-0.25, -0.2) is 4.39 Å². The number of H-pyrrole nitrogens is 1. The fraction of sp³-hybridized carbons (Fsp3) is 0.158. The van der Waals surface area contributed by atoms with E-state index in [1.807, 2.05) is 0 Å². The summed E-state index contributed by atoms with van der Waals surface area (Å²) in [6.45, 7) is 0.787. The molecular formula is C19H17FN2O3. The first-order chi connectivity index (χ1) is 12.1. The summed E-state index contributed by atoms with van der Waals surface area (Å²) < 4.78 is 18.2. The smallest absolute Gasteiger partial charge is 0.267 e. The summed E-state index contributed by atoms with van der Waals surface area (Å²) in [7, 11) is 0. The lowest BCUT2D eigenvalue weighted by Crippen LogP contribution is -2.27. The number of amides is 1. The molecular weight excluding hydrogens is 323 g/mol. The van der Waals surface area contributed by atoms with Gasteiger partial charge in [-0.1, -0.05) is 12.1 Å². The second-order valence-corrected chi connectivity index (χ2v) is 5.50. The van der Waals surface area contributed by atoms with Crippen LogP contribution in [-0.4, -0.2) is 24.0 Å². The summed E-state index contributed by atoms with van der Waals surface area (Å²) in [4.78, 5) is 27.1. The highest BCUT2D eigenvalue weighted by molar-refractivity contribution is 5.94. The van der Waals surface area contributed by atoms with E-state index in [9.17, 15) is 14.0 Å². The largest absolute Gasteiger partial charge is 0.494 e. The third-order valence-corrected chi connectivity index (χ3v) is 3.67. The Hall–Kier alpha value is -3.15. The molecule has 0 atom stereocenters. The number of carbonyl (C=O) groups excluding carboxylic acids is 1. The molecule has 0 fully saturated rings. The van der Waals surface area contributed by atoms with Gasteiger partial charge in [0.1, 0.15) is 17.3 Å². The van der Waals surface area contributed by atoms with Gasteiger partial charge >= 0.3 is 0 Å². The van der Waals surface area contributed by atoms with Crippen molar-refractivity contribution < 1.29 is 13.9 Å². The van der Waals surface area contributed by atoms with Gasteiger partial charge in [0.25, 0.3) is 5.91 Å². The maximum Gasteiger partial charge on any atom is 0.267 e. The molecule has 1 heterocycles. The van der Waals surface area contributed by atoms with Gasteiger partial charge in [-0.2, -0.15) is 0 Å². The van der Waals surface area contributed by atoms with Crippen LogP contribution in [0.15, 0.2) is 59.4 Å². The van der Waals surface area contributed by atoms with Crippen molar-refractivity contribution in [2.75, 3.05) is 13.2 Å². The van der Waals surface area contributed by atoms with Crippen molar-refractivity contribution in [1.82, 2.24) is 10.3 Å². The predicted molar refractivity (Wildman–Crippen MR) is 93.4 cm³/mol. The van der Waals surface area contributed by atoms with Crippen molar-refractivity contribution in [3.8, 4) is 5.75 Å². The average Bonchev–Trinajstić information content (AvgIpc) is 2.63. The zero-order chi connectivity index (χ0) is 17.6. The van der Waals surface area contributed by atoms with Gasteiger partial charge < -0.3 is 15.0 Å². The molecule has 0 aliphatic carbocycles. The predicted octanol–water partition coefficient (Wildman–Crippen LogP) is 2.87. The quantitative estimate of drug-likeness (QED) is 0.678. The number of hydrogen-bond acceptors (Lipinski definition) is 3. The Morgan fingerprint density at radius 1 is 1.12 bits per heavy atom. The van der Waals surface area contributed by atoms with Crippen molar-refractivity contribution in [2.45, 2.75) is 6.42 Å². The number of rotatable bonds is 6. The molecule has 5 nitrogen and oxygen atoms in total. The molecule has 0 bridgehead atoms. The van der Waals surface area contributed by atoms with Crippen molar-refractivity contribution in [1.29, 1.82) is 0 Å². The van der Waals surface area contributed by atoms with Gasteiger partial charge in [0, 0.05) is 23.5 Å². The van der Waals surface area contributed by atoms with Crippen LogP contribution in [0.25, 0.3) is 10.9 Å². The Bertz CT molecular complexity index is 935. The lowest BCUT2D eigenvalue weighted by molar-refractivity contribution is 0.0947. The molecule has 0 radical (unpaired) electrons. The number of nitrogens with one attached hydrogen (secondary N) is 2. The molecule has 0 saturated heterocycles. The van der Waals surface area contributed by atoms with Crippen LogP contribution in [-0.2, 0) is 0 Å². The minimum atomic E-state index is -0.343. The topological polar surface area (TPSA) is 71.2 Å². The second-order valence-electron chi connectivity index (χ2n) is 5.50. The molecule has 0 aliphatic rings. The molecule has 0 saturated carbocycles. The van der Waals surface area contributed by atoms with E-state index >= 15 is 0 Å². The first kappa shape index (κ1) is 16.7. The molecule has 25 heavy (non-hydrogen) atoms. The van der Waals surface area contributed by atoms with E-state index in [0.29, 0.717) is 36.2 Å². The SMILES string of the molecule is O=C(NCCCOc1ccc(F)cc1)c1cc(=O)c2ccccc2[nH]1. The number of benzene rings is 2. The Morgan fingerprint density at radius 2 is 1.88 bits per heavy atom. The number of halogens is 1. The molecule has 6 heteroatoms. The monoisotopic (exact) mass is 340 g/mol. The maximum absolute atomic E-state index is 12.8. The Labute approximate surface area is 143 Å². The highest BCUT2D eigenvalue weighted by Crippen LogP contribution is 2.11. The minimum Gasteiger partial charge on any atom is -0.494 e. The number of para-hydroxylation sites is 1. The highest BCUT2D eigenvalue weighted by Gasteiger charge is 2.08. The minimum absolute atomic E-state index is 0.195. The molecule has 128 valence electrons. The van der Waals surface area contributed by atoms with E-state index in [4.69, 9.17) is 4.74 Å². The molecule has 0 unspecified atom stereocenters. The van der Waals surface area contributed by atoms with Crippen LogP contribution in [0.1, 0.15) is 16.9 Å². The van der Waals surface area contributed by atoms with Crippen molar-refractivity contribution in [2.24, 2.45) is 0 Å². The van der Waals surface area contributed by atoms with Crippen LogP contribution < -0.4 is 15.5 Å². The van der Waals surface area contributed by atoms with E-state index in [2.05, 4.69) is 10.3 Å². The number of aromatic nitrogens is 1. The molecule has 2 aromatic carbocycles. The summed E-state index contributed by atoms with van der Waals surface area (Å²) >= 11 is 0. The normalized spacial score (nSPS) is 10.6.